The van der Waals surface area contributed by atoms with Gasteiger partial charge in [-0.15, -0.1) is 0 Å². The summed E-state index contributed by atoms with van der Waals surface area (Å²) in [5.41, 5.74) is -1.03. The molecule has 0 saturated carbocycles. The van der Waals surface area contributed by atoms with E-state index in [9.17, 15) is 19.2 Å². The fourth-order valence-electron chi connectivity index (χ4n) is 4.72. The van der Waals surface area contributed by atoms with Gasteiger partial charge >= 0.3 is 11.9 Å². The molecule has 7 heteroatoms. The lowest BCUT2D eigenvalue weighted by Crippen LogP contribution is -2.60. The van der Waals surface area contributed by atoms with Crippen LogP contribution in [-0.4, -0.2) is 23.6 Å². The van der Waals surface area contributed by atoms with E-state index in [1.807, 2.05) is 13.8 Å². The number of Topliss-reactive ketones (excluding diaryl/α,β-unsaturated/α-hetero) is 1. The molecule has 0 bridgehead atoms. The smallest absolute Gasteiger partial charge is 0.308 e. The topological polar surface area (TPSA) is 90.0 Å². The molecule has 2 aromatic rings. The van der Waals surface area contributed by atoms with Crippen molar-refractivity contribution in [2.45, 2.75) is 52.4 Å². The van der Waals surface area contributed by atoms with E-state index < -0.39 is 35.0 Å². The van der Waals surface area contributed by atoms with Gasteiger partial charge in [-0.1, -0.05) is 31.2 Å². The monoisotopic (exact) mass is 421 g/mol. The van der Waals surface area contributed by atoms with E-state index in [1.165, 1.54) is 18.7 Å². The number of hydrogen-bond donors (Lipinski definition) is 0. The van der Waals surface area contributed by atoms with E-state index in [2.05, 4.69) is 0 Å². The van der Waals surface area contributed by atoms with Gasteiger partial charge in [0.25, 0.3) is 11.3 Å². The molecule has 0 radical (unpaired) electrons. The first-order chi connectivity index (χ1) is 14.6. The van der Waals surface area contributed by atoms with Crippen molar-refractivity contribution in [2.75, 3.05) is 4.90 Å². The van der Waals surface area contributed by atoms with Gasteiger partial charge in [0.15, 0.2) is 0 Å². The molecule has 1 amide bonds. The van der Waals surface area contributed by atoms with Crippen LogP contribution in [0, 0.1) is 13.8 Å². The molecule has 31 heavy (non-hydrogen) atoms. The van der Waals surface area contributed by atoms with Crippen LogP contribution in [0.5, 0.6) is 0 Å². The van der Waals surface area contributed by atoms with E-state index in [1.54, 1.807) is 43.3 Å². The lowest BCUT2D eigenvalue weighted by atomic mass is 9.84. The van der Waals surface area contributed by atoms with Gasteiger partial charge in [0, 0.05) is 37.0 Å². The highest BCUT2D eigenvalue weighted by atomic mass is 16.6. The minimum absolute atomic E-state index is 0.00834. The lowest BCUT2D eigenvalue weighted by molar-refractivity contribution is -0.201. The predicted octanol–water partition coefficient (Wildman–Crippen LogP) is 3.43. The van der Waals surface area contributed by atoms with Crippen molar-refractivity contribution in [3.63, 3.8) is 0 Å². The van der Waals surface area contributed by atoms with Crippen molar-refractivity contribution in [3.05, 3.63) is 64.2 Å². The fraction of sp³-hybridized carbons (Fsp3) is 0.333. The lowest BCUT2D eigenvalue weighted by Gasteiger charge is -2.42. The predicted molar refractivity (Wildman–Crippen MR) is 111 cm³/mol. The first kappa shape index (κ1) is 20.8. The summed E-state index contributed by atoms with van der Waals surface area (Å²) >= 11 is 0. The number of benzene rings is 2. The Morgan fingerprint density at radius 3 is 2.23 bits per heavy atom. The van der Waals surface area contributed by atoms with Gasteiger partial charge in [-0.3, -0.25) is 24.1 Å². The number of fused-ring (bicyclic) bond motifs is 5. The van der Waals surface area contributed by atoms with Gasteiger partial charge in [-0.05, 0) is 37.1 Å². The van der Waals surface area contributed by atoms with Crippen molar-refractivity contribution in [3.8, 4) is 0 Å². The van der Waals surface area contributed by atoms with E-state index in [-0.39, 0.29) is 12.0 Å². The van der Waals surface area contributed by atoms with Gasteiger partial charge < -0.3 is 9.47 Å². The number of ether oxygens (including phenoxy) is 2. The van der Waals surface area contributed by atoms with Crippen LogP contribution in [0.15, 0.2) is 36.4 Å². The van der Waals surface area contributed by atoms with Crippen LogP contribution >= 0.6 is 0 Å². The molecule has 0 fully saturated rings. The standard InChI is InChI=1S/C24H23NO6/c1-6-21(28)31-24-18-10-8-7-9-17(18)22(29)23(24,30-16(5)27)19-11-13(2)14(3)12-20(19)25(24)15(4)26/h7-12H,6H2,1-5H3. The highest BCUT2D eigenvalue weighted by molar-refractivity contribution is 6.16. The van der Waals surface area contributed by atoms with Crippen LogP contribution in [0.4, 0.5) is 5.69 Å². The van der Waals surface area contributed by atoms with Crippen molar-refractivity contribution in [1.82, 2.24) is 0 Å². The van der Waals surface area contributed by atoms with Crippen molar-refractivity contribution < 1.29 is 28.7 Å². The Morgan fingerprint density at radius 2 is 1.61 bits per heavy atom. The largest absolute Gasteiger partial charge is 0.439 e. The van der Waals surface area contributed by atoms with E-state index in [4.69, 9.17) is 9.47 Å². The summed E-state index contributed by atoms with van der Waals surface area (Å²) < 4.78 is 11.8. The first-order valence-corrected chi connectivity index (χ1v) is 10.1. The van der Waals surface area contributed by atoms with Crippen molar-refractivity contribution >= 4 is 29.3 Å². The average Bonchev–Trinajstić information content (AvgIpc) is 3.05. The third kappa shape index (κ3) is 2.46. The van der Waals surface area contributed by atoms with Crippen LogP contribution in [-0.2, 0) is 35.2 Å². The number of rotatable bonds is 3. The second-order valence-corrected chi connectivity index (χ2v) is 7.93. The fourth-order valence-corrected chi connectivity index (χ4v) is 4.72. The Morgan fingerprint density at radius 1 is 0.968 bits per heavy atom. The zero-order chi connectivity index (χ0) is 22.7. The second kappa shape index (κ2) is 6.77. The normalized spacial score (nSPS) is 23.1. The van der Waals surface area contributed by atoms with Crippen molar-refractivity contribution in [2.24, 2.45) is 0 Å². The van der Waals surface area contributed by atoms with Crippen molar-refractivity contribution in [1.29, 1.82) is 0 Å². The summed E-state index contributed by atoms with van der Waals surface area (Å²) in [6, 6.07) is 10.1. The molecule has 4 rings (SSSR count). The Balaban J connectivity index is 2.21. The molecule has 1 aliphatic carbocycles. The highest BCUT2D eigenvalue weighted by Crippen LogP contribution is 2.64. The number of anilines is 1. The van der Waals surface area contributed by atoms with Crippen LogP contribution in [0.25, 0.3) is 0 Å². The molecular weight excluding hydrogens is 398 g/mol. The van der Waals surface area contributed by atoms with Gasteiger partial charge in [-0.2, -0.15) is 0 Å². The molecule has 2 aliphatic rings. The molecule has 2 atom stereocenters. The Bertz CT molecular complexity index is 1170. The Labute approximate surface area is 179 Å². The van der Waals surface area contributed by atoms with E-state index in [0.717, 1.165) is 11.1 Å². The quantitative estimate of drug-likeness (QED) is 0.706. The van der Waals surface area contributed by atoms with Gasteiger partial charge in [0.05, 0.1) is 5.69 Å². The molecule has 2 aromatic carbocycles. The number of carbonyl (C=O) groups is 4. The number of esters is 2. The summed E-state index contributed by atoms with van der Waals surface area (Å²) in [5.74, 6) is -2.34. The first-order valence-electron chi connectivity index (χ1n) is 10.1. The summed E-state index contributed by atoms with van der Waals surface area (Å²) in [6.07, 6.45) is 0.00834. The maximum atomic E-state index is 13.9. The molecule has 0 aromatic heterocycles. The minimum atomic E-state index is -2.03. The molecule has 2 unspecified atom stereocenters. The van der Waals surface area contributed by atoms with E-state index >= 15 is 0 Å². The molecule has 0 spiro atoms. The van der Waals surface area contributed by atoms with Gasteiger partial charge in [0.1, 0.15) is 0 Å². The van der Waals surface area contributed by atoms with E-state index in [0.29, 0.717) is 16.8 Å². The number of carbonyl (C=O) groups excluding carboxylic acids is 4. The molecule has 1 aliphatic heterocycles. The number of nitrogens with zero attached hydrogens (tertiary/aromatic N) is 1. The molecule has 0 N–H and O–H groups in total. The van der Waals surface area contributed by atoms with Crippen LogP contribution in [0.2, 0.25) is 0 Å². The molecule has 0 saturated heterocycles. The van der Waals surface area contributed by atoms with Crippen LogP contribution in [0.3, 0.4) is 0 Å². The van der Waals surface area contributed by atoms with Crippen LogP contribution in [0.1, 0.15) is 59.8 Å². The highest BCUT2D eigenvalue weighted by Gasteiger charge is 2.78. The third-order valence-corrected chi connectivity index (χ3v) is 6.04. The number of hydrogen-bond acceptors (Lipinski definition) is 6. The third-order valence-electron chi connectivity index (χ3n) is 6.04. The summed E-state index contributed by atoms with van der Waals surface area (Å²) in [5, 5.41) is 0. The maximum absolute atomic E-state index is 13.9. The maximum Gasteiger partial charge on any atom is 0.308 e. The number of amides is 1. The van der Waals surface area contributed by atoms with Crippen LogP contribution < -0.4 is 4.90 Å². The molecule has 1 heterocycles. The zero-order valence-corrected chi connectivity index (χ0v) is 18.1. The van der Waals surface area contributed by atoms with Gasteiger partial charge in [-0.25, -0.2) is 0 Å². The zero-order valence-electron chi connectivity index (χ0n) is 18.1. The SMILES string of the molecule is CCC(=O)OC12c3ccccc3C(=O)C1(OC(C)=O)c1cc(C)c(C)cc1N2C(C)=O. The minimum Gasteiger partial charge on any atom is -0.439 e. The summed E-state index contributed by atoms with van der Waals surface area (Å²) in [4.78, 5) is 53.3. The summed E-state index contributed by atoms with van der Waals surface area (Å²) in [7, 11) is 0. The summed E-state index contributed by atoms with van der Waals surface area (Å²) in [6.45, 7) is 7.87. The molecular formula is C24H23NO6. The number of ketones is 1. The second-order valence-electron chi connectivity index (χ2n) is 7.93. The number of aryl methyl sites for hydroxylation is 2. The molecule has 160 valence electrons. The Kier molecular flexibility index (Phi) is 4.54. The van der Waals surface area contributed by atoms with Gasteiger partial charge in [0.2, 0.25) is 11.7 Å². The average molecular weight is 421 g/mol. The Hall–Kier alpha value is -3.48. The molecule has 7 nitrogen and oxygen atoms in total.